The molecule has 0 aliphatic heterocycles. The van der Waals surface area contributed by atoms with Crippen molar-refractivity contribution in [1.82, 2.24) is 0 Å². The minimum absolute atomic E-state index is 0.0984. The average Bonchev–Trinajstić information content (AvgIpc) is 2.26. The number of carboxylic acids is 1. The van der Waals surface area contributed by atoms with E-state index in [1.807, 2.05) is 0 Å². The molecular formula is C12H14F2O3. The molecule has 94 valence electrons. The van der Waals surface area contributed by atoms with Crippen molar-refractivity contribution in [1.29, 1.82) is 0 Å². The van der Waals surface area contributed by atoms with Gasteiger partial charge >= 0.3 is 5.97 Å². The molecule has 17 heavy (non-hydrogen) atoms. The Morgan fingerprint density at radius 3 is 2.59 bits per heavy atom. The molecule has 0 aliphatic carbocycles. The Morgan fingerprint density at radius 2 is 2.12 bits per heavy atom. The first-order chi connectivity index (χ1) is 7.97. The Morgan fingerprint density at radius 1 is 1.47 bits per heavy atom. The number of aliphatic carboxylic acids is 1. The largest absolute Gasteiger partial charge is 0.496 e. The standard InChI is InChI=1S/C12H14F2O3/c1-7-3-4-9(12(13)14)11(17-2)8(7)5-6-10(15)16/h3-4,12H,5-6H2,1-2H3,(H,15,16). The number of aryl methyl sites for hydroxylation is 1. The molecule has 0 heterocycles. The summed E-state index contributed by atoms with van der Waals surface area (Å²) in [7, 11) is 1.31. The zero-order chi connectivity index (χ0) is 13.0. The lowest BCUT2D eigenvalue weighted by Gasteiger charge is -2.15. The molecule has 0 fully saturated rings. The SMILES string of the molecule is COc1c(C(F)F)ccc(C)c1CCC(=O)O. The van der Waals surface area contributed by atoms with Crippen molar-refractivity contribution >= 4 is 5.97 Å². The number of alkyl halides is 2. The molecule has 0 aromatic heterocycles. The fraction of sp³-hybridized carbons (Fsp3) is 0.417. The number of ether oxygens (including phenoxy) is 1. The van der Waals surface area contributed by atoms with Gasteiger partial charge in [0.2, 0.25) is 0 Å². The lowest BCUT2D eigenvalue weighted by Crippen LogP contribution is -2.04. The van der Waals surface area contributed by atoms with Crippen LogP contribution in [-0.2, 0) is 11.2 Å². The molecule has 0 unspecified atom stereocenters. The topological polar surface area (TPSA) is 46.5 Å². The van der Waals surface area contributed by atoms with Gasteiger partial charge in [-0.3, -0.25) is 4.79 Å². The molecule has 1 aromatic rings. The Balaban J connectivity index is 3.15. The van der Waals surface area contributed by atoms with E-state index in [9.17, 15) is 13.6 Å². The predicted molar refractivity (Wildman–Crippen MR) is 58.6 cm³/mol. The maximum atomic E-state index is 12.7. The van der Waals surface area contributed by atoms with E-state index in [1.54, 1.807) is 13.0 Å². The van der Waals surface area contributed by atoms with Crippen LogP contribution in [0, 0.1) is 6.92 Å². The summed E-state index contributed by atoms with van der Waals surface area (Å²) in [5.74, 6) is -0.866. The highest BCUT2D eigenvalue weighted by molar-refractivity contribution is 5.67. The van der Waals surface area contributed by atoms with E-state index >= 15 is 0 Å². The van der Waals surface area contributed by atoms with E-state index in [0.29, 0.717) is 5.56 Å². The van der Waals surface area contributed by atoms with Crippen LogP contribution in [0.25, 0.3) is 0 Å². The number of carboxylic acid groups (broad SMARTS) is 1. The first-order valence-corrected chi connectivity index (χ1v) is 5.13. The van der Waals surface area contributed by atoms with Crippen LogP contribution in [-0.4, -0.2) is 18.2 Å². The summed E-state index contributed by atoms with van der Waals surface area (Å²) in [5, 5.41) is 8.62. The van der Waals surface area contributed by atoms with Gasteiger partial charge in [0.25, 0.3) is 6.43 Å². The molecule has 1 rings (SSSR count). The normalized spacial score (nSPS) is 10.6. The van der Waals surface area contributed by atoms with Gasteiger partial charge in [-0.1, -0.05) is 6.07 Å². The van der Waals surface area contributed by atoms with Crippen LogP contribution >= 0.6 is 0 Å². The van der Waals surface area contributed by atoms with Gasteiger partial charge in [-0.2, -0.15) is 0 Å². The number of hydrogen-bond donors (Lipinski definition) is 1. The summed E-state index contributed by atoms with van der Waals surface area (Å²) in [5.41, 5.74) is 1.10. The van der Waals surface area contributed by atoms with Gasteiger partial charge in [0.1, 0.15) is 5.75 Å². The number of rotatable bonds is 5. The van der Waals surface area contributed by atoms with Gasteiger partial charge in [-0.25, -0.2) is 8.78 Å². The molecule has 0 bridgehead atoms. The number of benzene rings is 1. The minimum Gasteiger partial charge on any atom is -0.496 e. The highest BCUT2D eigenvalue weighted by Gasteiger charge is 2.19. The van der Waals surface area contributed by atoms with Gasteiger partial charge in [0.15, 0.2) is 0 Å². The third-order valence-electron chi connectivity index (χ3n) is 2.55. The summed E-state index contributed by atoms with van der Waals surface area (Å²) in [4.78, 5) is 10.5. The van der Waals surface area contributed by atoms with Crippen molar-refractivity contribution < 1.29 is 23.4 Å². The monoisotopic (exact) mass is 244 g/mol. The molecule has 3 nitrogen and oxygen atoms in total. The van der Waals surface area contributed by atoms with Gasteiger partial charge in [0, 0.05) is 6.42 Å². The second-order valence-corrected chi connectivity index (χ2v) is 3.68. The maximum Gasteiger partial charge on any atom is 0.303 e. The molecule has 0 atom stereocenters. The molecule has 1 aromatic carbocycles. The lowest BCUT2D eigenvalue weighted by atomic mass is 9.99. The third-order valence-corrected chi connectivity index (χ3v) is 2.55. The van der Waals surface area contributed by atoms with Crippen LogP contribution < -0.4 is 4.74 Å². The van der Waals surface area contributed by atoms with Crippen molar-refractivity contribution in [3.8, 4) is 5.75 Å². The van der Waals surface area contributed by atoms with Crippen LogP contribution in [0.2, 0.25) is 0 Å². The van der Waals surface area contributed by atoms with Crippen LogP contribution in [0.1, 0.15) is 29.5 Å². The fourth-order valence-electron chi connectivity index (χ4n) is 1.70. The maximum absolute atomic E-state index is 12.7. The molecular weight excluding hydrogens is 230 g/mol. The average molecular weight is 244 g/mol. The summed E-state index contributed by atoms with van der Waals surface area (Å²) in [6.07, 6.45) is -2.55. The highest BCUT2D eigenvalue weighted by atomic mass is 19.3. The lowest BCUT2D eigenvalue weighted by molar-refractivity contribution is -0.136. The molecule has 0 saturated heterocycles. The fourth-order valence-corrected chi connectivity index (χ4v) is 1.70. The van der Waals surface area contributed by atoms with Gasteiger partial charge < -0.3 is 9.84 Å². The molecule has 0 amide bonds. The zero-order valence-corrected chi connectivity index (χ0v) is 9.67. The molecule has 0 spiro atoms. The van der Waals surface area contributed by atoms with Crippen molar-refractivity contribution in [3.63, 3.8) is 0 Å². The van der Waals surface area contributed by atoms with E-state index < -0.39 is 12.4 Å². The van der Waals surface area contributed by atoms with Crippen molar-refractivity contribution in [2.24, 2.45) is 0 Å². The van der Waals surface area contributed by atoms with Gasteiger partial charge in [0.05, 0.1) is 12.7 Å². The van der Waals surface area contributed by atoms with E-state index in [-0.39, 0.29) is 24.2 Å². The summed E-state index contributed by atoms with van der Waals surface area (Å²) >= 11 is 0. The molecule has 0 saturated carbocycles. The number of methoxy groups -OCH3 is 1. The van der Waals surface area contributed by atoms with E-state index in [2.05, 4.69) is 0 Å². The number of halogens is 2. The summed E-state index contributed by atoms with van der Waals surface area (Å²) in [6.45, 7) is 1.74. The number of carbonyl (C=O) groups is 1. The van der Waals surface area contributed by atoms with E-state index in [0.717, 1.165) is 5.56 Å². The zero-order valence-electron chi connectivity index (χ0n) is 9.67. The second kappa shape index (κ2) is 5.61. The van der Waals surface area contributed by atoms with Crippen LogP contribution in [0.15, 0.2) is 12.1 Å². The minimum atomic E-state index is -2.63. The first-order valence-electron chi connectivity index (χ1n) is 5.13. The van der Waals surface area contributed by atoms with Crippen LogP contribution in [0.3, 0.4) is 0 Å². The predicted octanol–water partition coefficient (Wildman–Crippen LogP) is 2.96. The summed E-state index contributed by atoms with van der Waals surface area (Å²) in [6, 6.07) is 2.87. The van der Waals surface area contributed by atoms with Gasteiger partial charge in [-0.05, 0) is 30.5 Å². The Bertz CT molecular complexity index is 416. The Labute approximate surface area is 98.0 Å². The van der Waals surface area contributed by atoms with Gasteiger partial charge in [-0.15, -0.1) is 0 Å². The second-order valence-electron chi connectivity index (χ2n) is 3.68. The smallest absolute Gasteiger partial charge is 0.303 e. The van der Waals surface area contributed by atoms with Crippen molar-refractivity contribution in [2.45, 2.75) is 26.2 Å². The van der Waals surface area contributed by atoms with E-state index in [1.165, 1.54) is 13.2 Å². The van der Waals surface area contributed by atoms with E-state index in [4.69, 9.17) is 9.84 Å². The molecule has 5 heteroatoms. The van der Waals surface area contributed by atoms with Crippen molar-refractivity contribution in [3.05, 3.63) is 28.8 Å². The highest BCUT2D eigenvalue weighted by Crippen LogP contribution is 2.34. The number of hydrogen-bond acceptors (Lipinski definition) is 2. The molecule has 0 aliphatic rings. The Hall–Kier alpha value is -1.65. The van der Waals surface area contributed by atoms with Crippen LogP contribution in [0.4, 0.5) is 8.78 Å². The summed E-state index contributed by atoms with van der Waals surface area (Å²) < 4.78 is 30.4. The first kappa shape index (κ1) is 13.4. The van der Waals surface area contributed by atoms with Crippen LogP contribution in [0.5, 0.6) is 5.75 Å². The molecule has 0 radical (unpaired) electrons. The Kier molecular flexibility index (Phi) is 4.43. The molecule has 1 N–H and O–H groups in total. The quantitative estimate of drug-likeness (QED) is 0.866. The van der Waals surface area contributed by atoms with Crippen molar-refractivity contribution in [2.75, 3.05) is 7.11 Å². The third kappa shape index (κ3) is 3.15.